The van der Waals surface area contributed by atoms with Gasteiger partial charge < -0.3 is 4.42 Å². The van der Waals surface area contributed by atoms with Gasteiger partial charge in [-0.25, -0.2) is 15.0 Å². The van der Waals surface area contributed by atoms with E-state index in [-0.39, 0.29) is 0 Å². The predicted octanol–water partition coefficient (Wildman–Crippen LogP) is 11.9. The summed E-state index contributed by atoms with van der Waals surface area (Å²) in [6, 6.07) is 56.8. The van der Waals surface area contributed by atoms with Crippen LogP contribution >= 0.6 is 0 Å². The van der Waals surface area contributed by atoms with Gasteiger partial charge in [0.25, 0.3) is 0 Å². The van der Waals surface area contributed by atoms with Gasteiger partial charge in [-0.05, 0) is 56.3 Å². The van der Waals surface area contributed by atoms with Gasteiger partial charge in [-0.2, -0.15) is 0 Å². The molecule has 0 unspecified atom stereocenters. The van der Waals surface area contributed by atoms with Gasteiger partial charge in [0, 0.05) is 32.8 Å². The molecule has 0 saturated carbocycles. The zero-order valence-corrected chi connectivity index (χ0v) is 26.3. The highest BCUT2D eigenvalue weighted by Gasteiger charge is 2.21. The first-order valence-corrected chi connectivity index (χ1v) is 16.5. The van der Waals surface area contributed by atoms with Crippen molar-refractivity contribution in [3.8, 4) is 45.3 Å². The Hall–Kier alpha value is -6.65. The fraction of sp³-hybridized carbons (Fsp3) is 0. The van der Waals surface area contributed by atoms with E-state index < -0.39 is 0 Å². The molecule has 4 heteroatoms. The molecule has 8 aromatic carbocycles. The van der Waals surface area contributed by atoms with Crippen molar-refractivity contribution in [3.63, 3.8) is 0 Å². The molecule has 4 nitrogen and oxygen atoms in total. The number of para-hydroxylation sites is 1. The Balaban J connectivity index is 1.26. The van der Waals surface area contributed by atoms with Gasteiger partial charge in [-0.3, -0.25) is 0 Å². The molecule has 0 bridgehead atoms. The van der Waals surface area contributed by atoms with Gasteiger partial charge >= 0.3 is 0 Å². The van der Waals surface area contributed by atoms with Gasteiger partial charge in [-0.1, -0.05) is 146 Å². The summed E-state index contributed by atoms with van der Waals surface area (Å²) in [7, 11) is 0. The van der Waals surface area contributed by atoms with E-state index >= 15 is 0 Å². The van der Waals surface area contributed by atoms with Crippen LogP contribution in [0.2, 0.25) is 0 Å². The molecule has 0 N–H and O–H groups in total. The fourth-order valence-electron chi connectivity index (χ4n) is 7.25. The van der Waals surface area contributed by atoms with E-state index in [0.29, 0.717) is 17.5 Å². The molecular weight excluding hydrogens is 599 g/mol. The van der Waals surface area contributed by atoms with Crippen LogP contribution in [-0.2, 0) is 0 Å². The summed E-state index contributed by atoms with van der Waals surface area (Å²) < 4.78 is 6.72. The second-order valence-corrected chi connectivity index (χ2v) is 12.4. The molecule has 10 aromatic rings. The van der Waals surface area contributed by atoms with Crippen LogP contribution < -0.4 is 0 Å². The van der Waals surface area contributed by atoms with E-state index in [2.05, 4.69) is 97.1 Å². The number of rotatable bonds is 4. The Morgan fingerprint density at radius 1 is 0.347 bits per heavy atom. The van der Waals surface area contributed by atoms with Crippen LogP contribution in [0, 0.1) is 0 Å². The SMILES string of the molecule is c1ccc(-c2nc(-c3ccccc3)nc(-c3ccc(-c4cc5ccc6ccccc6c5c5oc6ccccc6c45)c4ccccc34)n2)cc1. The minimum atomic E-state index is 0.638. The van der Waals surface area contributed by atoms with E-state index in [1.54, 1.807) is 0 Å². The van der Waals surface area contributed by atoms with Crippen LogP contribution in [0.3, 0.4) is 0 Å². The maximum atomic E-state index is 6.72. The monoisotopic (exact) mass is 625 g/mol. The third-order valence-electron chi connectivity index (χ3n) is 9.51. The third kappa shape index (κ3) is 4.42. The number of fused-ring (bicyclic) bond motifs is 8. The molecule has 0 aliphatic carbocycles. The Morgan fingerprint density at radius 3 is 1.59 bits per heavy atom. The summed E-state index contributed by atoms with van der Waals surface area (Å²) in [5.41, 5.74) is 6.91. The summed E-state index contributed by atoms with van der Waals surface area (Å²) in [4.78, 5) is 15.1. The van der Waals surface area contributed by atoms with Crippen LogP contribution in [0.15, 0.2) is 168 Å². The van der Waals surface area contributed by atoms with Crippen LogP contribution in [0.25, 0.3) is 99.5 Å². The highest BCUT2D eigenvalue weighted by molar-refractivity contribution is 6.28. The lowest BCUT2D eigenvalue weighted by molar-refractivity contribution is 0.673. The first kappa shape index (κ1) is 27.5. The number of benzene rings is 8. The number of hydrogen-bond donors (Lipinski definition) is 0. The largest absolute Gasteiger partial charge is 0.455 e. The van der Waals surface area contributed by atoms with Crippen LogP contribution in [-0.4, -0.2) is 15.0 Å². The maximum Gasteiger partial charge on any atom is 0.164 e. The summed E-state index contributed by atoms with van der Waals surface area (Å²) in [6.45, 7) is 0. The molecule has 0 amide bonds. The maximum absolute atomic E-state index is 6.72. The Kier molecular flexibility index (Phi) is 6.15. The zero-order chi connectivity index (χ0) is 32.3. The average Bonchev–Trinajstić information content (AvgIpc) is 3.57. The predicted molar refractivity (Wildman–Crippen MR) is 201 cm³/mol. The van der Waals surface area contributed by atoms with Crippen LogP contribution in [0.5, 0.6) is 0 Å². The molecule has 0 aliphatic rings. The van der Waals surface area contributed by atoms with Crippen molar-refractivity contribution in [2.75, 3.05) is 0 Å². The van der Waals surface area contributed by atoms with Crippen molar-refractivity contribution in [3.05, 3.63) is 164 Å². The molecular formula is C45H27N3O. The van der Waals surface area contributed by atoms with E-state index in [1.165, 1.54) is 10.8 Å². The molecule has 0 fully saturated rings. The first-order chi connectivity index (χ1) is 24.3. The molecule has 49 heavy (non-hydrogen) atoms. The average molecular weight is 626 g/mol. The van der Waals surface area contributed by atoms with Crippen molar-refractivity contribution < 1.29 is 4.42 Å². The topological polar surface area (TPSA) is 51.8 Å². The lowest BCUT2D eigenvalue weighted by Gasteiger charge is -2.15. The smallest absolute Gasteiger partial charge is 0.164 e. The minimum Gasteiger partial charge on any atom is -0.455 e. The number of nitrogens with zero attached hydrogens (tertiary/aromatic N) is 3. The summed E-state index contributed by atoms with van der Waals surface area (Å²) >= 11 is 0. The van der Waals surface area contributed by atoms with Gasteiger partial charge in [0.1, 0.15) is 11.2 Å². The number of furan rings is 1. The van der Waals surface area contributed by atoms with Crippen molar-refractivity contribution in [2.45, 2.75) is 0 Å². The second kappa shape index (κ2) is 11.0. The van der Waals surface area contributed by atoms with Crippen molar-refractivity contribution >= 4 is 54.3 Å². The van der Waals surface area contributed by atoms with Crippen LogP contribution in [0.4, 0.5) is 0 Å². The Labute approximate surface area is 282 Å². The highest BCUT2D eigenvalue weighted by Crippen LogP contribution is 2.45. The Bertz CT molecular complexity index is 2820. The molecule has 2 heterocycles. The molecule has 2 aromatic heterocycles. The van der Waals surface area contributed by atoms with E-state index in [9.17, 15) is 0 Å². The molecule has 228 valence electrons. The molecule has 0 spiro atoms. The molecule has 0 saturated heterocycles. The summed E-state index contributed by atoms with van der Waals surface area (Å²) in [5, 5.41) is 9.09. The quantitative estimate of drug-likeness (QED) is 0.183. The first-order valence-electron chi connectivity index (χ1n) is 16.5. The van der Waals surface area contributed by atoms with Gasteiger partial charge in [0.15, 0.2) is 17.5 Å². The van der Waals surface area contributed by atoms with Crippen LogP contribution in [0.1, 0.15) is 0 Å². The number of hydrogen-bond acceptors (Lipinski definition) is 4. The molecule has 0 atom stereocenters. The van der Waals surface area contributed by atoms with Gasteiger partial charge in [0.2, 0.25) is 0 Å². The molecule has 10 rings (SSSR count). The number of aromatic nitrogens is 3. The Morgan fingerprint density at radius 2 is 0.878 bits per heavy atom. The van der Waals surface area contributed by atoms with Gasteiger partial charge in [0.05, 0.1) is 0 Å². The normalized spacial score (nSPS) is 11.7. The highest BCUT2D eigenvalue weighted by atomic mass is 16.3. The zero-order valence-electron chi connectivity index (χ0n) is 26.3. The minimum absolute atomic E-state index is 0.638. The lowest BCUT2D eigenvalue weighted by Crippen LogP contribution is -2.00. The van der Waals surface area contributed by atoms with E-state index in [4.69, 9.17) is 19.4 Å². The molecule has 0 radical (unpaired) electrons. The second-order valence-electron chi connectivity index (χ2n) is 12.4. The van der Waals surface area contributed by atoms with Crippen molar-refractivity contribution in [1.82, 2.24) is 15.0 Å². The summed E-state index contributed by atoms with van der Waals surface area (Å²) in [6.07, 6.45) is 0. The van der Waals surface area contributed by atoms with E-state index in [0.717, 1.165) is 71.3 Å². The third-order valence-corrected chi connectivity index (χ3v) is 9.51. The lowest BCUT2D eigenvalue weighted by atomic mass is 9.89. The van der Waals surface area contributed by atoms with Crippen molar-refractivity contribution in [1.29, 1.82) is 0 Å². The van der Waals surface area contributed by atoms with E-state index in [1.807, 2.05) is 66.7 Å². The standard InChI is InChI=1S/C45H27N3O/c1-3-14-29(15-4-1)43-46-44(30-16-5-2-6-17-30)48-45(47-43)36-26-25-35(33-19-9-10-20-34(33)36)38-27-31-24-23-28-13-7-8-18-32(28)40(31)42-41(38)37-21-11-12-22-39(37)49-42/h1-27H. The molecule has 0 aliphatic heterocycles. The summed E-state index contributed by atoms with van der Waals surface area (Å²) in [5.74, 6) is 1.93. The van der Waals surface area contributed by atoms with Gasteiger partial charge in [-0.15, -0.1) is 0 Å². The van der Waals surface area contributed by atoms with Crippen molar-refractivity contribution in [2.24, 2.45) is 0 Å². The fourth-order valence-corrected chi connectivity index (χ4v) is 7.25.